The van der Waals surface area contributed by atoms with Crippen LogP contribution in [0, 0.1) is 5.92 Å². The highest BCUT2D eigenvalue weighted by Crippen LogP contribution is 2.26. The number of nitrogens with one attached hydrogen (secondary N) is 1. The van der Waals surface area contributed by atoms with Crippen LogP contribution >= 0.6 is 0 Å². The van der Waals surface area contributed by atoms with Crippen LogP contribution in [0.5, 0.6) is 0 Å². The van der Waals surface area contributed by atoms with Crippen LogP contribution in [0.3, 0.4) is 0 Å². The Labute approximate surface area is 118 Å². The summed E-state index contributed by atoms with van der Waals surface area (Å²) in [5.41, 5.74) is 7.26. The Morgan fingerprint density at radius 1 is 1.35 bits per heavy atom. The molecule has 106 valence electrons. The van der Waals surface area contributed by atoms with Crippen LogP contribution in [0.2, 0.25) is 0 Å². The van der Waals surface area contributed by atoms with E-state index in [4.69, 9.17) is 5.73 Å². The number of nitrogens with zero attached hydrogens (tertiary/aromatic N) is 2. The van der Waals surface area contributed by atoms with Gasteiger partial charge in [-0.15, -0.1) is 0 Å². The van der Waals surface area contributed by atoms with E-state index in [-0.39, 0.29) is 12.6 Å². The summed E-state index contributed by atoms with van der Waals surface area (Å²) in [6.07, 6.45) is 3.50. The molecule has 2 aromatic rings. The highest BCUT2D eigenvalue weighted by atomic mass is 16.1. The van der Waals surface area contributed by atoms with E-state index in [2.05, 4.69) is 36.4 Å². The van der Waals surface area contributed by atoms with Crippen molar-refractivity contribution in [2.24, 2.45) is 11.7 Å². The van der Waals surface area contributed by atoms with E-state index in [1.165, 1.54) is 10.2 Å². The van der Waals surface area contributed by atoms with Gasteiger partial charge in [0.25, 0.3) is 0 Å². The quantitative estimate of drug-likeness (QED) is 0.846. The summed E-state index contributed by atoms with van der Waals surface area (Å²) in [5.74, 6) is 0.0278. The van der Waals surface area contributed by atoms with Crippen LogP contribution in [0.15, 0.2) is 42.7 Å². The molecule has 3 N–H and O–H groups in total. The van der Waals surface area contributed by atoms with Crippen molar-refractivity contribution < 1.29 is 4.79 Å². The number of aromatic nitrogens is 2. The summed E-state index contributed by atoms with van der Waals surface area (Å²) in [4.78, 5) is 10.9. The zero-order valence-corrected chi connectivity index (χ0v) is 11.8. The third-order valence-electron chi connectivity index (χ3n) is 3.10. The molecule has 0 aliphatic rings. The van der Waals surface area contributed by atoms with Gasteiger partial charge in [-0.2, -0.15) is 5.10 Å². The molecule has 1 heterocycles. The lowest BCUT2D eigenvalue weighted by Gasteiger charge is -2.23. The molecule has 1 unspecified atom stereocenters. The zero-order valence-electron chi connectivity index (χ0n) is 11.8. The summed E-state index contributed by atoms with van der Waals surface area (Å²) in [7, 11) is 0. The van der Waals surface area contributed by atoms with Gasteiger partial charge < -0.3 is 11.1 Å². The van der Waals surface area contributed by atoms with Gasteiger partial charge in [-0.05, 0) is 11.5 Å². The number of amides is 1. The highest BCUT2D eigenvalue weighted by Gasteiger charge is 2.16. The second-order valence-electron chi connectivity index (χ2n) is 5.17. The number of benzene rings is 1. The summed E-state index contributed by atoms with van der Waals surface area (Å²) in [6, 6.07) is 10.5. The van der Waals surface area contributed by atoms with E-state index in [0.29, 0.717) is 5.92 Å². The van der Waals surface area contributed by atoms with Crippen LogP contribution in [0.1, 0.15) is 25.5 Å². The van der Waals surface area contributed by atoms with Gasteiger partial charge in [-0.25, -0.2) is 0 Å². The fourth-order valence-electron chi connectivity index (χ4n) is 2.16. The SMILES string of the molecule is CC(C)C(Nc1cnn(CC(N)=O)c1)c1ccccc1. The molecule has 1 atom stereocenters. The number of anilines is 1. The first-order valence-corrected chi connectivity index (χ1v) is 6.68. The number of nitrogens with two attached hydrogens (primary N) is 1. The molecule has 1 aromatic heterocycles. The maximum absolute atomic E-state index is 10.9. The molecule has 1 aromatic carbocycles. The number of carbonyl (C=O) groups excluding carboxylic acids is 1. The largest absolute Gasteiger partial charge is 0.375 e. The van der Waals surface area contributed by atoms with Crippen molar-refractivity contribution in [2.75, 3.05) is 5.32 Å². The minimum absolute atomic E-state index is 0.0966. The normalized spacial score (nSPS) is 12.3. The minimum Gasteiger partial charge on any atom is -0.375 e. The molecular formula is C15H20N4O. The molecule has 0 fully saturated rings. The Hall–Kier alpha value is -2.30. The van der Waals surface area contributed by atoms with Crippen LogP contribution in [-0.2, 0) is 11.3 Å². The Morgan fingerprint density at radius 3 is 2.65 bits per heavy atom. The zero-order chi connectivity index (χ0) is 14.5. The lowest BCUT2D eigenvalue weighted by Crippen LogP contribution is -2.19. The number of carbonyl (C=O) groups is 1. The maximum Gasteiger partial charge on any atom is 0.239 e. The maximum atomic E-state index is 10.9. The first kappa shape index (κ1) is 14.1. The van der Waals surface area contributed by atoms with Crippen molar-refractivity contribution in [2.45, 2.75) is 26.4 Å². The molecule has 0 aliphatic carbocycles. The van der Waals surface area contributed by atoms with Crippen molar-refractivity contribution in [3.63, 3.8) is 0 Å². The van der Waals surface area contributed by atoms with Crippen molar-refractivity contribution in [3.8, 4) is 0 Å². The third-order valence-corrected chi connectivity index (χ3v) is 3.10. The van der Waals surface area contributed by atoms with E-state index in [1.807, 2.05) is 18.2 Å². The molecule has 0 spiro atoms. The van der Waals surface area contributed by atoms with Crippen LogP contribution in [0.4, 0.5) is 5.69 Å². The van der Waals surface area contributed by atoms with E-state index in [9.17, 15) is 4.79 Å². The Morgan fingerprint density at radius 2 is 2.05 bits per heavy atom. The molecule has 0 saturated heterocycles. The second kappa shape index (κ2) is 6.23. The van der Waals surface area contributed by atoms with E-state index in [0.717, 1.165) is 5.69 Å². The third kappa shape index (κ3) is 3.60. The average Bonchev–Trinajstić information content (AvgIpc) is 2.83. The van der Waals surface area contributed by atoms with Crippen LogP contribution in [-0.4, -0.2) is 15.7 Å². The van der Waals surface area contributed by atoms with Crippen molar-refractivity contribution in [1.29, 1.82) is 0 Å². The van der Waals surface area contributed by atoms with Crippen molar-refractivity contribution in [3.05, 3.63) is 48.3 Å². The fourth-order valence-corrected chi connectivity index (χ4v) is 2.16. The van der Waals surface area contributed by atoms with Gasteiger partial charge >= 0.3 is 0 Å². The van der Waals surface area contributed by atoms with E-state index >= 15 is 0 Å². The predicted molar refractivity (Wildman–Crippen MR) is 79.1 cm³/mol. The van der Waals surface area contributed by atoms with Gasteiger partial charge in [-0.3, -0.25) is 9.48 Å². The standard InChI is InChI=1S/C15H20N4O/c1-11(2)15(12-6-4-3-5-7-12)18-13-8-17-19(9-13)10-14(16)20/h3-9,11,15,18H,10H2,1-2H3,(H2,16,20). The smallest absolute Gasteiger partial charge is 0.239 e. The molecule has 1 amide bonds. The van der Waals surface area contributed by atoms with Gasteiger partial charge in [0.1, 0.15) is 6.54 Å². The first-order chi connectivity index (χ1) is 9.56. The van der Waals surface area contributed by atoms with Gasteiger partial charge in [0, 0.05) is 6.20 Å². The average molecular weight is 272 g/mol. The summed E-state index contributed by atoms with van der Waals surface area (Å²) >= 11 is 0. The topological polar surface area (TPSA) is 72.9 Å². The number of rotatable bonds is 6. The van der Waals surface area contributed by atoms with E-state index < -0.39 is 5.91 Å². The highest BCUT2D eigenvalue weighted by molar-refractivity contribution is 5.73. The number of primary amides is 1. The fraction of sp³-hybridized carbons (Fsp3) is 0.333. The summed E-state index contributed by atoms with van der Waals surface area (Å²) in [6.45, 7) is 4.43. The molecule has 20 heavy (non-hydrogen) atoms. The molecule has 5 heteroatoms. The molecular weight excluding hydrogens is 252 g/mol. The van der Waals surface area contributed by atoms with Gasteiger partial charge in [0.2, 0.25) is 5.91 Å². The number of hydrogen-bond donors (Lipinski definition) is 2. The monoisotopic (exact) mass is 272 g/mol. The Balaban J connectivity index is 2.13. The Bertz CT molecular complexity index is 562. The van der Waals surface area contributed by atoms with Crippen LogP contribution in [0.25, 0.3) is 0 Å². The van der Waals surface area contributed by atoms with Crippen LogP contribution < -0.4 is 11.1 Å². The van der Waals surface area contributed by atoms with Crippen molar-refractivity contribution in [1.82, 2.24) is 9.78 Å². The van der Waals surface area contributed by atoms with E-state index in [1.54, 1.807) is 12.4 Å². The van der Waals surface area contributed by atoms with Gasteiger partial charge in [-0.1, -0.05) is 44.2 Å². The predicted octanol–water partition coefficient (Wildman–Crippen LogP) is 2.18. The molecule has 0 radical (unpaired) electrons. The molecule has 0 saturated carbocycles. The van der Waals surface area contributed by atoms with Gasteiger partial charge in [0.05, 0.1) is 17.9 Å². The molecule has 0 bridgehead atoms. The molecule has 5 nitrogen and oxygen atoms in total. The lowest BCUT2D eigenvalue weighted by atomic mass is 9.96. The van der Waals surface area contributed by atoms with Crippen molar-refractivity contribution >= 4 is 11.6 Å². The van der Waals surface area contributed by atoms with Gasteiger partial charge in [0.15, 0.2) is 0 Å². The minimum atomic E-state index is -0.400. The number of hydrogen-bond acceptors (Lipinski definition) is 3. The first-order valence-electron chi connectivity index (χ1n) is 6.68. The lowest BCUT2D eigenvalue weighted by molar-refractivity contribution is -0.118. The molecule has 2 rings (SSSR count). The summed E-state index contributed by atoms with van der Waals surface area (Å²) in [5, 5.41) is 7.57. The Kier molecular flexibility index (Phi) is 4.40. The molecule has 0 aliphatic heterocycles. The second-order valence-corrected chi connectivity index (χ2v) is 5.17. The summed E-state index contributed by atoms with van der Waals surface area (Å²) < 4.78 is 1.53.